The van der Waals surface area contributed by atoms with Crippen molar-refractivity contribution in [2.75, 3.05) is 0 Å². The first-order valence-corrected chi connectivity index (χ1v) is 2.75. The van der Waals surface area contributed by atoms with Crippen LogP contribution in [0.2, 0.25) is 5.35 Å². The first kappa shape index (κ1) is 7.40. The third kappa shape index (κ3) is 1.41. The zero-order valence-electron chi connectivity index (χ0n) is 4.94. The Kier molecular flexibility index (Phi) is 1.60. The Labute approximate surface area is 60.0 Å². The van der Waals surface area contributed by atoms with Crippen molar-refractivity contribution in [3.63, 3.8) is 0 Å². The molecule has 1 aromatic heterocycles. The van der Waals surface area contributed by atoms with Gasteiger partial charge in [-0.25, -0.2) is 0 Å². The highest BCUT2D eigenvalue weighted by atomic mass is 35.5. The lowest BCUT2D eigenvalue weighted by atomic mass is 10.4. The molecule has 0 unspecified atom stereocenters. The Bertz CT molecular complexity index is 231. The van der Waals surface area contributed by atoms with Crippen LogP contribution >= 0.6 is 11.6 Å². The van der Waals surface area contributed by atoms with Crippen LogP contribution in [0.1, 0.15) is 12.8 Å². The van der Waals surface area contributed by atoms with Crippen LogP contribution in [0.3, 0.4) is 0 Å². The molecule has 0 aromatic carbocycles. The third-order valence-corrected chi connectivity index (χ3v) is 0.929. The molecule has 6 heteroatoms. The lowest BCUT2D eigenvalue weighted by Gasteiger charge is -2.00. The normalized spacial score (nSPS) is 12.0. The van der Waals surface area contributed by atoms with Crippen molar-refractivity contribution in [2.24, 2.45) is 0 Å². The summed E-state index contributed by atoms with van der Waals surface area (Å²) in [7, 11) is 0. The van der Waals surface area contributed by atoms with Gasteiger partial charge in [0.05, 0.1) is 0 Å². The molecule has 10 heavy (non-hydrogen) atoms. The maximum absolute atomic E-state index is 12.2. The summed E-state index contributed by atoms with van der Waals surface area (Å²) in [5.74, 6) is -3.88. The monoisotopic (exact) mass is 168 g/mol. The minimum absolute atomic E-state index is 0.378. The van der Waals surface area contributed by atoms with Crippen LogP contribution in [-0.2, 0) is 5.92 Å². The van der Waals surface area contributed by atoms with Crippen LogP contribution in [0, 0.1) is 0 Å². The van der Waals surface area contributed by atoms with E-state index in [0.29, 0.717) is 6.92 Å². The highest BCUT2D eigenvalue weighted by Gasteiger charge is 2.31. The van der Waals surface area contributed by atoms with Gasteiger partial charge in [0.2, 0.25) is 0 Å². The topological polar surface area (TPSA) is 38.9 Å². The van der Waals surface area contributed by atoms with Crippen molar-refractivity contribution in [1.29, 1.82) is 0 Å². The molecule has 0 fully saturated rings. The van der Waals surface area contributed by atoms with Gasteiger partial charge >= 0.3 is 11.3 Å². The molecule has 0 N–H and O–H groups in total. The number of hydrogen-bond acceptors (Lipinski definition) is 3. The van der Waals surface area contributed by atoms with Crippen LogP contribution < -0.4 is 0 Å². The van der Waals surface area contributed by atoms with Gasteiger partial charge < -0.3 is 4.42 Å². The summed E-state index contributed by atoms with van der Waals surface area (Å²) in [6, 6.07) is 0. The van der Waals surface area contributed by atoms with Crippen LogP contribution in [0.25, 0.3) is 0 Å². The third-order valence-electron chi connectivity index (χ3n) is 0.776. The molecule has 1 heterocycles. The lowest BCUT2D eigenvalue weighted by Crippen LogP contribution is -2.06. The molecule has 0 aliphatic heterocycles. The average molecular weight is 169 g/mol. The molecule has 1 aromatic rings. The number of aromatic nitrogens is 2. The van der Waals surface area contributed by atoms with Gasteiger partial charge in [0.15, 0.2) is 0 Å². The first-order chi connectivity index (χ1) is 4.50. The molecule has 0 bridgehead atoms. The van der Waals surface area contributed by atoms with Crippen molar-refractivity contribution in [3.05, 3.63) is 11.2 Å². The van der Waals surface area contributed by atoms with Gasteiger partial charge in [0.25, 0.3) is 5.89 Å². The Morgan fingerprint density at radius 1 is 1.50 bits per heavy atom. The predicted molar refractivity (Wildman–Crippen MR) is 28.9 cm³/mol. The smallest absolute Gasteiger partial charge is 0.321 e. The van der Waals surface area contributed by atoms with E-state index in [9.17, 15) is 8.78 Å². The summed E-state index contributed by atoms with van der Waals surface area (Å²) < 4.78 is 28.7. The van der Waals surface area contributed by atoms with E-state index in [1.54, 1.807) is 0 Å². The summed E-state index contributed by atoms with van der Waals surface area (Å²) >= 11 is 5.09. The minimum atomic E-state index is -3.11. The number of hydrogen-bond donors (Lipinski definition) is 0. The van der Waals surface area contributed by atoms with Crippen LogP contribution in [0.15, 0.2) is 4.42 Å². The number of alkyl halides is 2. The fraction of sp³-hybridized carbons (Fsp3) is 0.500. The Morgan fingerprint density at radius 3 is 2.30 bits per heavy atom. The van der Waals surface area contributed by atoms with Crippen LogP contribution in [0.4, 0.5) is 8.78 Å². The lowest BCUT2D eigenvalue weighted by molar-refractivity contribution is -0.0109. The van der Waals surface area contributed by atoms with E-state index in [4.69, 9.17) is 11.6 Å². The predicted octanol–water partition coefficient (Wildman–Crippen LogP) is 1.83. The quantitative estimate of drug-likeness (QED) is 0.642. The molecule has 0 saturated heterocycles. The summed E-state index contributed by atoms with van der Waals surface area (Å²) in [5.41, 5.74) is 0. The molecule has 0 saturated carbocycles. The van der Waals surface area contributed by atoms with E-state index in [2.05, 4.69) is 14.6 Å². The Balaban J connectivity index is 2.96. The zero-order valence-corrected chi connectivity index (χ0v) is 5.69. The van der Waals surface area contributed by atoms with Gasteiger partial charge in [-0.1, -0.05) is 5.10 Å². The second kappa shape index (κ2) is 2.16. The molecule has 56 valence electrons. The van der Waals surface area contributed by atoms with E-state index < -0.39 is 11.8 Å². The number of nitrogens with zero attached hydrogens (tertiary/aromatic N) is 2. The molecule has 0 spiro atoms. The molecule has 0 aliphatic rings. The van der Waals surface area contributed by atoms with E-state index in [1.165, 1.54) is 0 Å². The summed E-state index contributed by atoms with van der Waals surface area (Å²) in [6.45, 7) is 0.650. The van der Waals surface area contributed by atoms with E-state index in [0.717, 1.165) is 0 Å². The second-order valence-electron chi connectivity index (χ2n) is 1.75. The Morgan fingerprint density at radius 2 is 2.10 bits per heavy atom. The van der Waals surface area contributed by atoms with Gasteiger partial charge in [-0.05, 0) is 11.6 Å². The van der Waals surface area contributed by atoms with Gasteiger partial charge in [-0.3, -0.25) is 0 Å². The highest BCUT2D eigenvalue weighted by Crippen LogP contribution is 2.25. The van der Waals surface area contributed by atoms with Crippen LogP contribution in [-0.4, -0.2) is 10.2 Å². The maximum Gasteiger partial charge on any atom is 0.321 e. The maximum atomic E-state index is 12.2. The summed E-state index contributed by atoms with van der Waals surface area (Å²) in [5, 5.41) is 5.66. The van der Waals surface area contributed by atoms with E-state index in [-0.39, 0.29) is 5.35 Å². The molecule has 0 aliphatic carbocycles. The minimum Gasteiger partial charge on any atom is -0.406 e. The number of halogens is 3. The molecular weight excluding hydrogens is 166 g/mol. The first-order valence-electron chi connectivity index (χ1n) is 2.37. The molecule has 3 nitrogen and oxygen atoms in total. The largest absolute Gasteiger partial charge is 0.406 e. The second-order valence-corrected chi connectivity index (χ2v) is 2.07. The molecule has 1 rings (SSSR count). The van der Waals surface area contributed by atoms with Crippen molar-refractivity contribution in [3.8, 4) is 0 Å². The van der Waals surface area contributed by atoms with Crippen molar-refractivity contribution in [2.45, 2.75) is 12.8 Å². The van der Waals surface area contributed by atoms with Crippen LogP contribution in [0.5, 0.6) is 0 Å². The fourth-order valence-corrected chi connectivity index (χ4v) is 0.494. The molecule has 0 amide bonds. The van der Waals surface area contributed by atoms with E-state index >= 15 is 0 Å². The van der Waals surface area contributed by atoms with E-state index in [1.807, 2.05) is 0 Å². The standard InChI is InChI=1S/C4H3ClF2N2O/c1-4(6,7)2-8-9-3(5)10-2/h1H3. The SMILES string of the molecule is CC(F)(F)c1nnc(Cl)o1. The molecule has 0 atom stereocenters. The summed E-state index contributed by atoms with van der Waals surface area (Å²) in [4.78, 5) is 0. The van der Waals surface area contributed by atoms with Gasteiger partial charge in [0.1, 0.15) is 0 Å². The van der Waals surface area contributed by atoms with Gasteiger partial charge in [-0.15, -0.1) is 5.10 Å². The van der Waals surface area contributed by atoms with Crippen molar-refractivity contribution >= 4 is 11.6 Å². The van der Waals surface area contributed by atoms with Gasteiger partial charge in [-0.2, -0.15) is 8.78 Å². The Hall–Kier alpha value is -0.710. The average Bonchev–Trinajstić information content (AvgIpc) is 2.11. The number of rotatable bonds is 1. The van der Waals surface area contributed by atoms with Crippen molar-refractivity contribution in [1.82, 2.24) is 10.2 Å². The zero-order chi connectivity index (χ0) is 7.78. The highest BCUT2D eigenvalue weighted by molar-refractivity contribution is 6.27. The molecule has 0 radical (unpaired) electrons. The fourth-order valence-electron chi connectivity index (χ4n) is 0.383. The molecular formula is C4H3ClF2N2O. The van der Waals surface area contributed by atoms with Gasteiger partial charge in [0, 0.05) is 6.92 Å². The van der Waals surface area contributed by atoms with Crippen molar-refractivity contribution < 1.29 is 13.2 Å². The summed E-state index contributed by atoms with van der Waals surface area (Å²) in [6.07, 6.45) is 0.